The molecule has 1 saturated heterocycles. The molecule has 0 saturated carbocycles. The zero-order valence-corrected chi connectivity index (χ0v) is 21.3. The van der Waals surface area contributed by atoms with Crippen molar-refractivity contribution in [2.24, 2.45) is 0 Å². The number of imidazole rings is 1. The van der Waals surface area contributed by atoms with Crippen LogP contribution in [0.3, 0.4) is 0 Å². The third kappa shape index (κ3) is 7.16. The Morgan fingerprint density at radius 1 is 0.921 bits per heavy atom. The Morgan fingerprint density at radius 3 is 2.42 bits per heavy atom. The highest BCUT2D eigenvalue weighted by atomic mass is 16.7. The number of aromatic nitrogens is 4. The normalized spacial score (nSPS) is 23.6. The molecule has 0 spiro atoms. The first-order chi connectivity index (χ1) is 18.5. The van der Waals surface area contributed by atoms with E-state index in [4.69, 9.17) is 19.9 Å². The van der Waals surface area contributed by atoms with Crippen molar-refractivity contribution in [2.75, 3.05) is 18.9 Å². The van der Waals surface area contributed by atoms with Crippen LogP contribution in [0.4, 0.5) is 5.95 Å². The fourth-order valence-electron chi connectivity index (χ4n) is 4.42. The van der Waals surface area contributed by atoms with E-state index >= 15 is 0 Å². The Kier molecular flexibility index (Phi) is 10.2. The highest BCUT2D eigenvalue weighted by Gasteiger charge is 2.43. The summed E-state index contributed by atoms with van der Waals surface area (Å²) in [6, 6.07) is 9.82. The molecule has 1 unspecified atom stereocenters. The van der Waals surface area contributed by atoms with Gasteiger partial charge < -0.3 is 44.9 Å². The molecule has 1 aliphatic rings. The van der Waals surface area contributed by atoms with Gasteiger partial charge in [0.1, 0.15) is 31.0 Å². The van der Waals surface area contributed by atoms with Crippen LogP contribution in [-0.4, -0.2) is 83.9 Å². The second kappa shape index (κ2) is 13.8. The first-order valence-electron chi connectivity index (χ1n) is 13.0. The van der Waals surface area contributed by atoms with Crippen molar-refractivity contribution in [2.45, 2.75) is 82.4 Å². The number of aryl methyl sites for hydroxylation is 1. The fraction of sp³-hybridized carbons (Fsp3) is 0.577. The number of unbranched alkanes of at least 4 members (excludes halogenated alkanes) is 5. The quantitative estimate of drug-likeness (QED) is 0.188. The summed E-state index contributed by atoms with van der Waals surface area (Å²) in [5, 5.41) is 38.9. The molecular formula is C26H37N5O7. The number of rotatable bonds is 14. The molecule has 0 bridgehead atoms. The van der Waals surface area contributed by atoms with Crippen molar-refractivity contribution in [3.05, 3.63) is 42.2 Å². The Hall–Kier alpha value is -2.87. The number of hydrogen-bond acceptors (Lipinski definition) is 11. The first kappa shape index (κ1) is 28.1. The molecule has 0 radical (unpaired) electrons. The number of ether oxygens (including phenoxy) is 3. The fourth-order valence-corrected chi connectivity index (χ4v) is 4.42. The van der Waals surface area contributed by atoms with Crippen LogP contribution < -0.4 is 10.5 Å². The number of nitrogens with zero attached hydrogens (tertiary/aromatic N) is 4. The lowest BCUT2D eigenvalue weighted by Crippen LogP contribution is -2.59. The molecule has 0 amide bonds. The van der Waals surface area contributed by atoms with Crippen molar-refractivity contribution in [3.63, 3.8) is 0 Å². The van der Waals surface area contributed by atoms with Gasteiger partial charge in [-0.1, -0.05) is 56.0 Å². The molecule has 3 aromatic rings. The number of benzene rings is 1. The molecule has 5 atom stereocenters. The van der Waals surface area contributed by atoms with Crippen LogP contribution in [0, 0.1) is 0 Å². The summed E-state index contributed by atoms with van der Waals surface area (Å²) >= 11 is 0. The number of fused-ring (bicyclic) bond motifs is 1. The van der Waals surface area contributed by atoms with Gasteiger partial charge in [0, 0.05) is 13.2 Å². The van der Waals surface area contributed by atoms with E-state index in [2.05, 4.69) is 15.0 Å². The minimum Gasteiger partial charge on any atom is -0.471 e. The van der Waals surface area contributed by atoms with Crippen LogP contribution >= 0.6 is 0 Å². The topological polar surface area (TPSA) is 178 Å². The maximum Gasteiger partial charge on any atom is 0.247 e. The molecular weight excluding hydrogens is 494 g/mol. The predicted molar refractivity (Wildman–Crippen MR) is 138 cm³/mol. The number of nitrogens with two attached hydrogens (primary N) is 1. The van der Waals surface area contributed by atoms with Gasteiger partial charge in [0.05, 0.1) is 12.9 Å². The summed E-state index contributed by atoms with van der Waals surface area (Å²) in [6.45, 7) is 1.00. The van der Waals surface area contributed by atoms with E-state index in [1.165, 1.54) is 0 Å². The van der Waals surface area contributed by atoms with E-state index in [0.29, 0.717) is 30.3 Å². The number of aliphatic hydroxyl groups is 4. The Bertz CT molecular complexity index is 1130. The van der Waals surface area contributed by atoms with Crippen LogP contribution in [0.15, 0.2) is 36.7 Å². The van der Waals surface area contributed by atoms with Crippen molar-refractivity contribution in [3.8, 4) is 5.88 Å². The maximum absolute atomic E-state index is 10.00. The second-order valence-electron chi connectivity index (χ2n) is 9.46. The van der Waals surface area contributed by atoms with Gasteiger partial charge in [-0.2, -0.15) is 9.97 Å². The lowest BCUT2D eigenvalue weighted by Gasteiger charge is -2.39. The van der Waals surface area contributed by atoms with Crippen molar-refractivity contribution in [1.29, 1.82) is 0 Å². The van der Waals surface area contributed by atoms with Gasteiger partial charge in [0.2, 0.25) is 11.8 Å². The Morgan fingerprint density at radius 2 is 1.66 bits per heavy atom. The monoisotopic (exact) mass is 531 g/mol. The first-order valence-corrected chi connectivity index (χ1v) is 13.0. The molecule has 12 heteroatoms. The van der Waals surface area contributed by atoms with E-state index in [1.807, 2.05) is 34.9 Å². The van der Waals surface area contributed by atoms with Crippen LogP contribution in [0.25, 0.3) is 11.2 Å². The molecule has 38 heavy (non-hydrogen) atoms. The van der Waals surface area contributed by atoms with E-state index < -0.39 is 37.3 Å². The van der Waals surface area contributed by atoms with Gasteiger partial charge >= 0.3 is 0 Å². The number of hydrogen-bond donors (Lipinski definition) is 5. The van der Waals surface area contributed by atoms with Gasteiger partial charge in [-0.05, 0) is 18.4 Å². The summed E-state index contributed by atoms with van der Waals surface area (Å²) in [6.07, 6.45) is 1.32. The summed E-state index contributed by atoms with van der Waals surface area (Å²) < 4.78 is 18.7. The SMILES string of the molecule is Nc1nc(OCc2ccccc2)c2ncn(CCCCCCCCOC3O[C@H](CO)[C@@H](O)[C@H](O)[C@H]3O)c2n1. The third-order valence-corrected chi connectivity index (χ3v) is 6.59. The Labute approximate surface area is 221 Å². The van der Waals surface area contributed by atoms with Gasteiger partial charge in [-0.15, -0.1) is 0 Å². The van der Waals surface area contributed by atoms with E-state index in [0.717, 1.165) is 50.6 Å². The Balaban J connectivity index is 1.14. The van der Waals surface area contributed by atoms with E-state index in [1.54, 1.807) is 6.33 Å². The van der Waals surface area contributed by atoms with Crippen LogP contribution in [-0.2, 0) is 22.6 Å². The number of aliphatic hydroxyl groups excluding tert-OH is 4. The number of nitrogen functional groups attached to an aromatic ring is 1. The summed E-state index contributed by atoms with van der Waals surface area (Å²) in [5.41, 5.74) is 8.20. The lowest BCUT2D eigenvalue weighted by molar-refractivity contribution is -0.301. The zero-order valence-electron chi connectivity index (χ0n) is 21.3. The van der Waals surface area contributed by atoms with Gasteiger partial charge in [0.25, 0.3) is 0 Å². The number of anilines is 1. The predicted octanol–water partition coefficient (Wildman–Crippen LogP) is 1.14. The molecule has 1 aliphatic heterocycles. The molecule has 6 N–H and O–H groups in total. The average molecular weight is 532 g/mol. The van der Waals surface area contributed by atoms with Crippen LogP contribution in [0.1, 0.15) is 44.1 Å². The largest absolute Gasteiger partial charge is 0.471 e. The summed E-state index contributed by atoms with van der Waals surface area (Å²) in [4.78, 5) is 13.0. The molecule has 4 rings (SSSR count). The van der Waals surface area contributed by atoms with Crippen molar-refractivity contribution < 1.29 is 34.6 Å². The molecule has 1 aromatic carbocycles. The standard InChI is InChI=1S/C26H37N5O7/c27-26-29-23-19(24(30-26)37-15-17-10-6-5-7-11-17)28-16-31(23)12-8-3-1-2-4-9-13-36-25-22(35)21(34)20(33)18(14-32)38-25/h5-7,10-11,16,18,20-22,25,32-35H,1-4,8-9,12-15H2,(H2,27,29,30)/t18-,20-,21+,22-,25?/m1/s1. The minimum atomic E-state index is -1.42. The van der Waals surface area contributed by atoms with E-state index in [9.17, 15) is 20.4 Å². The molecule has 3 heterocycles. The minimum absolute atomic E-state index is 0.147. The van der Waals surface area contributed by atoms with Gasteiger partial charge in [0.15, 0.2) is 17.5 Å². The molecule has 1 fully saturated rings. The van der Waals surface area contributed by atoms with E-state index in [-0.39, 0.29) is 5.95 Å². The highest BCUT2D eigenvalue weighted by molar-refractivity contribution is 5.77. The highest BCUT2D eigenvalue weighted by Crippen LogP contribution is 2.24. The average Bonchev–Trinajstić information content (AvgIpc) is 3.33. The van der Waals surface area contributed by atoms with Crippen LogP contribution in [0.5, 0.6) is 5.88 Å². The van der Waals surface area contributed by atoms with Crippen LogP contribution in [0.2, 0.25) is 0 Å². The van der Waals surface area contributed by atoms with Crippen molar-refractivity contribution in [1.82, 2.24) is 19.5 Å². The zero-order chi connectivity index (χ0) is 26.9. The van der Waals surface area contributed by atoms with Gasteiger partial charge in [-0.25, -0.2) is 4.98 Å². The summed E-state index contributed by atoms with van der Waals surface area (Å²) in [7, 11) is 0. The van der Waals surface area contributed by atoms with Crippen molar-refractivity contribution >= 4 is 17.1 Å². The molecule has 12 nitrogen and oxygen atoms in total. The smallest absolute Gasteiger partial charge is 0.247 e. The third-order valence-electron chi connectivity index (χ3n) is 6.59. The lowest BCUT2D eigenvalue weighted by atomic mass is 9.99. The summed E-state index contributed by atoms with van der Waals surface area (Å²) in [5.74, 6) is 0.522. The molecule has 2 aromatic heterocycles. The molecule has 0 aliphatic carbocycles. The van der Waals surface area contributed by atoms with Gasteiger partial charge in [-0.3, -0.25) is 0 Å². The molecule has 208 valence electrons. The maximum atomic E-state index is 10.00. The second-order valence-corrected chi connectivity index (χ2v) is 9.46.